The van der Waals surface area contributed by atoms with Crippen molar-refractivity contribution in [3.63, 3.8) is 0 Å². The second-order valence-electron chi connectivity index (χ2n) is 6.27. The smallest absolute Gasteiger partial charge is 0.344 e. The molecule has 0 spiro atoms. The number of hydrogen-bond acceptors (Lipinski definition) is 6. The van der Waals surface area contributed by atoms with Crippen molar-refractivity contribution in [2.45, 2.75) is 12.8 Å². The fourth-order valence-electron chi connectivity index (χ4n) is 3.04. The summed E-state index contributed by atoms with van der Waals surface area (Å²) in [5.41, 5.74) is 1.88. The number of ether oxygens (including phenoxy) is 4. The molecule has 2 aromatic carbocycles. The third kappa shape index (κ3) is 4.73. The van der Waals surface area contributed by atoms with E-state index in [0.717, 1.165) is 29.8 Å². The molecule has 0 atom stereocenters. The average Bonchev–Trinajstić information content (AvgIpc) is 2.75. The van der Waals surface area contributed by atoms with E-state index >= 15 is 0 Å². The summed E-state index contributed by atoms with van der Waals surface area (Å²) in [6.07, 6.45) is 1.73. The molecule has 0 aromatic heterocycles. The number of benzene rings is 2. The fourth-order valence-corrected chi connectivity index (χ4v) is 3.04. The van der Waals surface area contributed by atoms with Crippen LogP contribution in [0.3, 0.4) is 0 Å². The van der Waals surface area contributed by atoms with Crippen LogP contribution < -0.4 is 19.1 Å². The Labute approximate surface area is 163 Å². The number of rotatable bonds is 7. The molecule has 7 nitrogen and oxygen atoms in total. The fraction of sp³-hybridized carbons (Fsp3) is 0.333. The highest BCUT2D eigenvalue weighted by Gasteiger charge is 2.23. The lowest BCUT2D eigenvalue weighted by Crippen LogP contribution is -2.38. The number of esters is 1. The minimum absolute atomic E-state index is 0.260. The Hall–Kier alpha value is -3.22. The summed E-state index contributed by atoms with van der Waals surface area (Å²) in [5, 5.41) is 0. The third-order valence-corrected chi connectivity index (χ3v) is 4.48. The molecule has 0 N–H and O–H groups in total. The number of carbonyl (C=O) groups is 2. The van der Waals surface area contributed by atoms with Crippen LogP contribution in [0, 0.1) is 0 Å². The number of nitrogens with zero attached hydrogens (tertiary/aromatic N) is 1. The lowest BCUT2D eigenvalue weighted by atomic mass is 10.0. The Morgan fingerprint density at radius 3 is 2.32 bits per heavy atom. The normalized spacial score (nSPS) is 12.7. The lowest BCUT2D eigenvalue weighted by molar-refractivity contribution is -0.149. The van der Waals surface area contributed by atoms with E-state index in [4.69, 9.17) is 18.9 Å². The van der Waals surface area contributed by atoms with Crippen LogP contribution in [-0.2, 0) is 20.7 Å². The highest BCUT2D eigenvalue weighted by atomic mass is 16.6. The molecule has 0 fully saturated rings. The van der Waals surface area contributed by atoms with Gasteiger partial charge in [0, 0.05) is 12.2 Å². The summed E-state index contributed by atoms with van der Waals surface area (Å²) >= 11 is 0. The van der Waals surface area contributed by atoms with Crippen LogP contribution in [0.5, 0.6) is 17.2 Å². The monoisotopic (exact) mass is 385 g/mol. The van der Waals surface area contributed by atoms with Gasteiger partial charge >= 0.3 is 5.97 Å². The van der Waals surface area contributed by atoms with Gasteiger partial charge in [-0.2, -0.15) is 0 Å². The highest BCUT2D eigenvalue weighted by molar-refractivity contribution is 5.96. The van der Waals surface area contributed by atoms with E-state index < -0.39 is 5.97 Å². The number of aryl methyl sites for hydroxylation is 1. The number of hydrogen-bond donors (Lipinski definition) is 0. The van der Waals surface area contributed by atoms with Crippen LogP contribution in [0.4, 0.5) is 5.69 Å². The second-order valence-corrected chi connectivity index (χ2v) is 6.27. The molecular weight excluding hydrogens is 362 g/mol. The maximum atomic E-state index is 12.5. The summed E-state index contributed by atoms with van der Waals surface area (Å²) in [6, 6.07) is 12.5. The van der Waals surface area contributed by atoms with Crippen molar-refractivity contribution >= 4 is 17.6 Å². The quantitative estimate of drug-likeness (QED) is 0.682. The molecule has 1 aliphatic rings. The molecule has 148 valence electrons. The Morgan fingerprint density at radius 1 is 0.929 bits per heavy atom. The van der Waals surface area contributed by atoms with Gasteiger partial charge in [0.1, 0.15) is 17.2 Å². The third-order valence-electron chi connectivity index (χ3n) is 4.48. The minimum Gasteiger partial charge on any atom is -0.497 e. The summed E-state index contributed by atoms with van der Waals surface area (Å²) < 4.78 is 20.7. The predicted molar refractivity (Wildman–Crippen MR) is 103 cm³/mol. The predicted octanol–water partition coefficient (Wildman–Crippen LogP) is 2.61. The van der Waals surface area contributed by atoms with Crippen LogP contribution in [-0.4, -0.2) is 45.9 Å². The van der Waals surface area contributed by atoms with E-state index in [1.54, 1.807) is 43.4 Å². The molecule has 0 saturated carbocycles. The van der Waals surface area contributed by atoms with E-state index in [1.165, 1.54) is 0 Å². The highest BCUT2D eigenvalue weighted by Crippen LogP contribution is 2.30. The summed E-state index contributed by atoms with van der Waals surface area (Å²) in [6.45, 7) is 0.00172. The van der Waals surface area contributed by atoms with Crippen molar-refractivity contribution in [2.24, 2.45) is 0 Å². The van der Waals surface area contributed by atoms with Gasteiger partial charge in [-0.15, -0.1) is 0 Å². The Bertz CT molecular complexity index is 833. The molecule has 1 amide bonds. The first-order valence-electron chi connectivity index (χ1n) is 9.00. The van der Waals surface area contributed by atoms with Crippen LogP contribution in [0.25, 0.3) is 0 Å². The Balaban J connectivity index is 1.50. The molecule has 2 aromatic rings. The van der Waals surface area contributed by atoms with E-state index in [-0.39, 0.29) is 19.1 Å². The first kappa shape index (κ1) is 19.5. The van der Waals surface area contributed by atoms with Gasteiger partial charge < -0.3 is 23.8 Å². The number of amides is 1. The van der Waals surface area contributed by atoms with Crippen LogP contribution in [0.1, 0.15) is 12.0 Å². The molecule has 1 aliphatic heterocycles. The summed E-state index contributed by atoms with van der Waals surface area (Å²) in [4.78, 5) is 26.1. The average molecular weight is 385 g/mol. The Morgan fingerprint density at radius 2 is 1.61 bits per heavy atom. The van der Waals surface area contributed by atoms with Crippen molar-refractivity contribution < 1.29 is 28.5 Å². The van der Waals surface area contributed by atoms with Gasteiger partial charge in [-0.1, -0.05) is 0 Å². The molecule has 1 heterocycles. The van der Waals surface area contributed by atoms with Crippen molar-refractivity contribution in [2.75, 3.05) is 38.9 Å². The van der Waals surface area contributed by atoms with Crippen molar-refractivity contribution in [1.29, 1.82) is 0 Å². The number of methoxy groups -OCH3 is 2. The molecule has 3 rings (SSSR count). The topological polar surface area (TPSA) is 74.3 Å². The number of carbonyl (C=O) groups excluding carboxylic acids is 2. The zero-order chi connectivity index (χ0) is 19.9. The zero-order valence-electron chi connectivity index (χ0n) is 16.0. The molecule has 0 unspecified atom stereocenters. The van der Waals surface area contributed by atoms with Gasteiger partial charge in [0.25, 0.3) is 5.91 Å². The minimum atomic E-state index is -0.601. The first-order valence-corrected chi connectivity index (χ1v) is 9.00. The molecule has 0 aliphatic carbocycles. The van der Waals surface area contributed by atoms with Gasteiger partial charge in [-0.05, 0) is 60.9 Å². The van der Waals surface area contributed by atoms with Gasteiger partial charge in [-0.25, -0.2) is 4.79 Å². The lowest BCUT2D eigenvalue weighted by Gasteiger charge is -2.29. The first-order chi connectivity index (χ1) is 13.6. The molecule has 0 saturated heterocycles. The van der Waals surface area contributed by atoms with Gasteiger partial charge in [0.15, 0.2) is 13.2 Å². The van der Waals surface area contributed by atoms with Crippen LogP contribution in [0.15, 0.2) is 42.5 Å². The van der Waals surface area contributed by atoms with E-state index in [2.05, 4.69) is 0 Å². The number of fused-ring (bicyclic) bond motifs is 1. The summed E-state index contributed by atoms with van der Waals surface area (Å²) in [7, 11) is 3.18. The van der Waals surface area contributed by atoms with E-state index in [1.807, 2.05) is 18.2 Å². The van der Waals surface area contributed by atoms with Gasteiger partial charge in [-0.3, -0.25) is 4.79 Å². The van der Waals surface area contributed by atoms with E-state index in [0.29, 0.717) is 18.0 Å². The molecule has 28 heavy (non-hydrogen) atoms. The van der Waals surface area contributed by atoms with Crippen molar-refractivity contribution in [1.82, 2.24) is 0 Å². The van der Waals surface area contributed by atoms with Crippen molar-refractivity contribution in [3.8, 4) is 17.2 Å². The van der Waals surface area contributed by atoms with E-state index in [9.17, 15) is 9.59 Å². The maximum Gasteiger partial charge on any atom is 0.344 e. The number of anilines is 1. The summed E-state index contributed by atoms with van der Waals surface area (Å²) in [5.74, 6) is 1.11. The SMILES string of the molecule is COc1ccc(OCC(=O)OCC(=O)N2CCCc3cc(OC)ccc32)cc1. The zero-order valence-corrected chi connectivity index (χ0v) is 16.0. The standard InChI is InChI=1S/C21H23NO6/c1-25-16-5-7-17(8-6-16)27-14-21(24)28-13-20(23)22-11-3-4-15-12-18(26-2)9-10-19(15)22/h5-10,12H,3-4,11,13-14H2,1-2H3. The molecule has 7 heteroatoms. The van der Waals surface area contributed by atoms with Gasteiger partial charge in [0.05, 0.1) is 14.2 Å². The van der Waals surface area contributed by atoms with Crippen LogP contribution in [0.2, 0.25) is 0 Å². The molecular formula is C21H23NO6. The van der Waals surface area contributed by atoms with Gasteiger partial charge in [0.2, 0.25) is 0 Å². The second kappa shape index (κ2) is 9.12. The molecule has 0 bridgehead atoms. The largest absolute Gasteiger partial charge is 0.497 e. The Kier molecular flexibility index (Phi) is 6.37. The van der Waals surface area contributed by atoms with Crippen molar-refractivity contribution in [3.05, 3.63) is 48.0 Å². The van der Waals surface area contributed by atoms with Crippen LogP contribution >= 0.6 is 0 Å². The molecule has 0 radical (unpaired) electrons. The maximum absolute atomic E-state index is 12.5.